The van der Waals surface area contributed by atoms with E-state index in [0.29, 0.717) is 6.04 Å². The van der Waals surface area contributed by atoms with Gasteiger partial charge in [-0.3, -0.25) is 0 Å². The molecule has 2 nitrogen and oxygen atoms in total. The Kier molecular flexibility index (Phi) is 5.33. The fourth-order valence-electron chi connectivity index (χ4n) is 1.80. The molecule has 0 aliphatic carbocycles. The first-order valence-electron chi connectivity index (χ1n) is 6.24. The van der Waals surface area contributed by atoms with Gasteiger partial charge in [0.1, 0.15) is 0 Å². The van der Waals surface area contributed by atoms with E-state index in [9.17, 15) is 0 Å². The molecule has 0 saturated carbocycles. The van der Waals surface area contributed by atoms with Crippen LogP contribution in [0.25, 0.3) is 6.08 Å². The second-order valence-corrected chi connectivity index (χ2v) is 4.35. The molecule has 0 bridgehead atoms. The van der Waals surface area contributed by atoms with Crippen molar-refractivity contribution in [3.8, 4) is 0 Å². The van der Waals surface area contributed by atoms with Crippen LogP contribution < -0.4 is 5.32 Å². The molecule has 1 rings (SSSR count). The van der Waals surface area contributed by atoms with E-state index in [1.54, 1.807) is 0 Å². The van der Waals surface area contributed by atoms with Gasteiger partial charge in [-0.25, -0.2) is 0 Å². The Labute approximate surface area is 99.4 Å². The average Bonchev–Trinajstić information content (AvgIpc) is 2.66. The van der Waals surface area contributed by atoms with E-state index in [0.717, 1.165) is 13.1 Å². The van der Waals surface area contributed by atoms with Crippen molar-refractivity contribution in [3.63, 3.8) is 0 Å². The van der Waals surface area contributed by atoms with Crippen molar-refractivity contribution in [3.05, 3.63) is 29.6 Å². The van der Waals surface area contributed by atoms with Crippen LogP contribution in [0.3, 0.4) is 0 Å². The van der Waals surface area contributed by atoms with Gasteiger partial charge in [-0.05, 0) is 38.4 Å². The normalized spacial score (nSPS) is 14.1. The van der Waals surface area contributed by atoms with Gasteiger partial charge in [-0.2, -0.15) is 0 Å². The Morgan fingerprint density at radius 3 is 2.88 bits per heavy atom. The number of nitrogens with zero attached hydrogens (tertiary/aromatic N) is 1. The number of hydrogen-bond acceptors (Lipinski definition) is 1. The van der Waals surface area contributed by atoms with Gasteiger partial charge in [0, 0.05) is 25.0 Å². The molecule has 0 spiro atoms. The van der Waals surface area contributed by atoms with Crippen molar-refractivity contribution in [1.82, 2.24) is 9.88 Å². The third kappa shape index (κ3) is 3.86. The summed E-state index contributed by atoms with van der Waals surface area (Å²) in [6.45, 7) is 10.9. The minimum Gasteiger partial charge on any atom is -0.354 e. The second kappa shape index (κ2) is 6.54. The summed E-state index contributed by atoms with van der Waals surface area (Å²) >= 11 is 0. The van der Waals surface area contributed by atoms with Crippen LogP contribution in [0.2, 0.25) is 0 Å². The monoisotopic (exact) mass is 220 g/mol. The molecule has 0 aromatic carbocycles. The molecule has 1 aromatic rings. The van der Waals surface area contributed by atoms with Crippen LogP contribution in [0, 0.1) is 0 Å². The number of rotatable bonds is 6. The number of nitrogens with one attached hydrogen (secondary N) is 1. The lowest BCUT2D eigenvalue weighted by atomic mass is 10.1. The van der Waals surface area contributed by atoms with Gasteiger partial charge < -0.3 is 9.88 Å². The largest absolute Gasteiger partial charge is 0.354 e. The highest BCUT2D eigenvalue weighted by molar-refractivity contribution is 5.52. The predicted molar refractivity (Wildman–Crippen MR) is 71.5 cm³/mol. The lowest BCUT2D eigenvalue weighted by molar-refractivity contribution is 0.636. The topological polar surface area (TPSA) is 17.0 Å². The maximum Gasteiger partial charge on any atom is 0.0251 e. The van der Waals surface area contributed by atoms with Crippen LogP contribution in [0.15, 0.2) is 24.0 Å². The van der Waals surface area contributed by atoms with E-state index in [1.807, 2.05) is 0 Å². The van der Waals surface area contributed by atoms with Gasteiger partial charge >= 0.3 is 0 Å². The van der Waals surface area contributed by atoms with E-state index in [4.69, 9.17) is 0 Å². The molecular formula is C14H24N2. The smallest absolute Gasteiger partial charge is 0.0251 e. The van der Waals surface area contributed by atoms with Crippen molar-refractivity contribution in [2.45, 2.75) is 46.7 Å². The third-order valence-corrected chi connectivity index (χ3v) is 2.84. The van der Waals surface area contributed by atoms with Gasteiger partial charge in [0.05, 0.1) is 0 Å². The maximum atomic E-state index is 3.42. The molecule has 1 aromatic heterocycles. The quantitative estimate of drug-likeness (QED) is 0.778. The highest BCUT2D eigenvalue weighted by atomic mass is 14.9. The van der Waals surface area contributed by atoms with Crippen LogP contribution in [0.4, 0.5) is 0 Å². The summed E-state index contributed by atoms with van der Waals surface area (Å²) in [5, 5.41) is 3.42. The Hall–Kier alpha value is -1.02. The highest BCUT2D eigenvalue weighted by Crippen LogP contribution is 2.10. The molecule has 1 heterocycles. The molecule has 1 N–H and O–H groups in total. The highest BCUT2D eigenvalue weighted by Gasteiger charge is 2.02. The van der Waals surface area contributed by atoms with Gasteiger partial charge in [0.15, 0.2) is 0 Å². The summed E-state index contributed by atoms with van der Waals surface area (Å²) in [4.78, 5) is 0. The second-order valence-electron chi connectivity index (χ2n) is 4.35. The SMILES string of the molecule is CCCn1ccc(/C=C(/C)C(C)NCC)c1. The zero-order valence-corrected chi connectivity index (χ0v) is 11.0. The van der Waals surface area contributed by atoms with Gasteiger partial charge in [-0.1, -0.05) is 25.5 Å². The number of aryl methyl sites for hydroxylation is 1. The first-order chi connectivity index (χ1) is 7.67. The van der Waals surface area contributed by atoms with Crippen molar-refractivity contribution >= 4 is 6.08 Å². The molecule has 1 atom stereocenters. The summed E-state index contributed by atoms with van der Waals surface area (Å²) in [6, 6.07) is 2.64. The van der Waals surface area contributed by atoms with Crippen molar-refractivity contribution in [2.24, 2.45) is 0 Å². The first-order valence-corrected chi connectivity index (χ1v) is 6.24. The molecular weight excluding hydrogens is 196 g/mol. The molecule has 0 fully saturated rings. The molecule has 0 aliphatic heterocycles. The summed E-state index contributed by atoms with van der Waals surface area (Å²) in [5.41, 5.74) is 2.69. The Morgan fingerprint density at radius 2 is 2.25 bits per heavy atom. The molecule has 16 heavy (non-hydrogen) atoms. The molecule has 2 heteroatoms. The van der Waals surface area contributed by atoms with E-state index in [2.05, 4.69) is 62.1 Å². The minimum atomic E-state index is 0.458. The van der Waals surface area contributed by atoms with Crippen LogP contribution in [0.5, 0.6) is 0 Å². The summed E-state index contributed by atoms with van der Waals surface area (Å²) in [6.07, 6.45) is 7.82. The summed E-state index contributed by atoms with van der Waals surface area (Å²) in [7, 11) is 0. The molecule has 1 unspecified atom stereocenters. The van der Waals surface area contributed by atoms with Crippen LogP contribution >= 0.6 is 0 Å². The first kappa shape index (κ1) is 13.0. The maximum absolute atomic E-state index is 3.42. The average molecular weight is 220 g/mol. The third-order valence-electron chi connectivity index (χ3n) is 2.84. The molecule has 90 valence electrons. The summed E-state index contributed by atoms with van der Waals surface area (Å²) in [5.74, 6) is 0. The van der Waals surface area contributed by atoms with E-state index in [-0.39, 0.29) is 0 Å². The van der Waals surface area contributed by atoms with Crippen LogP contribution in [-0.2, 0) is 6.54 Å². The fourth-order valence-corrected chi connectivity index (χ4v) is 1.80. The minimum absolute atomic E-state index is 0.458. The lowest BCUT2D eigenvalue weighted by Crippen LogP contribution is -2.26. The standard InChI is InChI=1S/C14H24N2/c1-5-8-16-9-7-14(11-16)10-12(3)13(4)15-6-2/h7,9-11,13,15H,5-6,8H2,1-4H3/b12-10-. The zero-order valence-electron chi connectivity index (χ0n) is 11.0. The van der Waals surface area contributed by atoms with E-state index < -0.39 is 0 Å². The zero-order chi connectivity index (χ0) is 12.0. The van der Waals surface area contributed by atoms with Gasteiger partial charge in [0.25, 0.3) is 0 Å². The Morgan fingerprint density at radius 1 is 1.50 bits per heavy atom. The van der Waals surface area contributed by atoms with Crippen LogP contribution in [0.1, 0.15) is 39.7 Å². The molecule has 0 aliphatic rings. The Balaban J connectivity index is 2.65. The van der Waals surface area contributed by atoms with E-state index >= 15 is 0 Å². The van der Waals surface area contributed by atoms with Crippen molar-refractivity contribution < 1.29 is 0 Å². The molecule has 0 radical (unpaired) electrons. The van der Waals surface area contributed by atoms with Crippen molar-refractivity contribution in [2.75, 3.05) is 6.54 Å². The van der Waals surface area contributed by atoms with Crippen molar-refractivity contribution in [1.29, 1.82) is 0 Å². The molecule has 0 saturated heterocycles. The predicted octanol–water partition coefficient (Wildman–Crippen LogP) is 3.30. The Bertz CT molecular complexity index is 336. The lowest BCUT2D eigenvalue weighted by Gasteiger charge is -2.12. The summed E-state index contributed by atoms with van der Waals surface area (Å²) < 4.78 is 2.25. The van der Waals surface area contributed by atoms with Gasteiger partial charge in [-0.15, -0.1) is 0 Å². The van der Waals surface area contributed by atoms with E-state index in [1.165, 1.54) is 17.6 Å². The number of aromatic nitrogens is 1. The number of hydrogen-bond donors (Lipinski definition) is 1. The molecule has 0 amide bonds. The fraction of sp³-hybridized carbons (Fsp3) is 0.571. The van der Waals surface area contributed by atoms with Gasteiger partial charge in [0.2, 0.25) is 0 Å². The van der Waals surface area contributed by atoms with Crippen LogP contribution in [-0.4, -0.2) is 17.2 Å². The number of likely N-dealkylation sites (N-methyl/N-ethyl adjacent to an activating group) is 1.